The number of rotatable bonds is 5. The van der Waals surface area contributed by atoms with E-state index in [-0.39, 0.29) is 0 Å². The molecule has 1 amide bonds. The van der Waals surface area contributed by atoms with Crippen LogP contribution in [0.25, 0.3) is 0 Å². The minimum absolute atomic E-state index is 0.451. The van der Waals surface area contributed by atoms with Gasteiger partial charge >= 0.3 is 0 Å². The summed E-state index contributed by atoms with van der Waals surface area (Å²) in [7, 11) is 0. The van der Waals surface area contributed by atoms with E-state index in [0.29, 0.717) is 23.0 Å². The fourth-order valence-electron chi connectivity index (χ4n) is 2.49. The molecule has 0 unspecified atom stereocenters. The van der Waals surface area contributed by atoms with Crippen molar-refractivity contribution in [1.82, 2.24) is 0 Å². The molecule has 2 aromatic rings. The number of nitrogens with one attached hydrogen (secondary N) is 1. The first-order valence-electron chi connectivity index (χ1n) is 7.06. The molecule has 21 heavy (non-hydrogen) atoms. The van der Waals surface area contributed by atoms with Crippen LogP contribution < -0.4 is 11.1 Å². The minimum atomic E-state index is -0.451. The van der Waals surface area contributed by atoms with Gasteiger partial charge in [0.1, 0.15) is 0 Å². The molecule has 1 aliphatic carbocycles. The SMILES string of the molecule is NC(=O)c1ccc(Cl)c(NCc2ccccc2C2CC2)c1. The molecular weight excluding hydrogens is 284 g/mol. The Bertz CT molecular complexity index is 680. The van der Waals surface area contributed by atoms with Crippen molar-refractivity contribution in [2.75, 3.05) is 5.32 Å². The molecule has 3 rings (SSSR count). The number of benzene rings is 2. The third-order valence-electron chi connectivity index (χ3n) is 3.79. The number of primary amides is 1. The lowest BCUT2D eigenvalue weighted by molar-refractivity contribution is 0.100. The molecule has 3 N–H and O–H groups in total. The van der Waals surface area contributed by atoms with Gasteiger partial charge in [0.15, 0.2) is 0 Å². The molecule has 1 saturated carbocycles. The summed E-state index contributed by atoms with van der Waals surface area (Å²) >= 11 is 6.17. The van der Waals surface area contributed by atoms with E-state index in [1.807, 2.05) is 6.07 Å². The van der Waals surface area contributed by atoms with E-state index in [1.165, 1.54) is 24.0 Å². The van der Waals surface area contributed by atoms with E-state index >= 15 is 0 Å². The standard InChI is InChI=1S/C17H17ClN2O/c18-15-8-7-12(17(19)21)9-16(15)20-10-13-3-1-2-4-14(13)11-5-6-11/h1-4,7-9,11,20H,5-6,10H2,(H2,19,21). The first-order chi connectivity index (χ1) is 10.1. The molecule has 0 spiro atoms. The number of carbonyl (C=O) groups is 1. The Morgan fingerprint density at radius 1 is 1.24 bits per heavy atom. The molecule has 0 atom stereocenters. The molecule has 1 fully saturated rings. The van der Waals surface area contributed by atoms with Crippen LogP contribution in [-0.4, -0.2) is 5.91 Å². The topological polar surface area (TPSA) is 55.1 Å². The summed E-state index contributed by atoms with van der Waals surface area (Å²) in [5, 5.41) is 3.89. The van der Waals surface area contributed by atoms with Crippen molar-refractivity contribution >= 4 is 23.2 Å². The summed E-state index contributed by atoms with van der Waals surface area (Å²) in [6.45, 7) is 0.689. The highest BCUT2D eigenvalue weighted by Crippen LogP contribution is 2.41. The van der Waals surface area contributed by atoms with Crippen molar-refractivity contribution in [2.24, 2.45) is 5.73 Å². The molecule has 0 radical (unpaired) electrons. The Morgan fingerprint density at radius 2 is 2.00 bits per heavy atom. The second-order valence-electron chi connectivity index (χ2n) is 5.39. The van der Waals surface area contributed by atoms with Crippen LogP contribution in [0, 0.1) is 0 Å². The van der Waals surface area contributed by atoms with Crippen LogP contribution in [0.5, 0.6) is 0 Å². The lowest BCUT2D eigenvalue weighted by Gasteiger charge is -2.12. The van der Waals surface area contributed by atoms with Crippen molar-refractivity contribution in [1.29, 1.82) is 0 Å². The van der Waals surface area contributed by atoms with Crippen molar-refractivity contribution in [3.05, 3.63) is 64.2 Å². The van der Waals surface area contributed by atoms with Gasteiger partial charge in [-0.2, -0.15) is 0 Å². The minimum Gasteiger partial charge on any atom is -0.380 e. The molecule has 3 nitrogen and oxygen atoms in total. The van der Waals surface area contributed by atoms with Crippen LogP contribution in [0.15, 0.2) is 42.5 Å². The molecule has 4 heteroatoms. The van der Waals surface area contributed by atoms with Gasteiger partial charge < -0.3 is 11.1 Å². The van der Waals surface area contributed by atoms with Gasteiger partial charge in [0.05, 0.1) is 10.7 Å². The van der Waals surface area contributed by atoms with E-state index in [9.17, 15) is 4.79 Å². The van der Waals surface area contributed by atoms with E-state index in [0.717, 1.165) is 5.69 Å². The smallest absolute Gasteiger partial charge is 0.248 e. The van der Waals surface area contributed by atoms with Gasteiger partial charge in [-0.3, -0.25) is 4.79 Å². The van der Waals surface area contributed by atoms with E-state index in [1.54, 1.807) is 18.2 Å². The Hall–Kier alpha value is -2.00. The molecular formula is C17H17ClN2O. The maximum absolute atomic E-state index is 11.2. The molecule has 108 valence electrons. The molecule has 0 bridgehead atoms. The highest BCUT2D eigenvalue weighted by Gasteiger charge is 2.25. The third kappa shape index (κ3) is 3.19. The van der Waals surface area contributed by atoms with Crippen LogP contribution in [0.2, 0.25) is 5.02 Å². The molecule has 1 aliphatic rings. The van der Waals surface area contributed by atoms with E-state index < -0.39 is 5.91 Å². The van der Waals surface area contributed by atoms with Crippen molar-refractivity contribution < 1.29 is 4.79 Å². The maximum atomic E-state index is 11.2. The van der Waals surface area contributed by atoms with E-state index in [2.05, 4.69) is 23.5 Å². The zero-order chi connectivity index (χ0) is 14.8. The summed E-state index contributed by atoms with van der Waals surface area (Å²) in [6, 6.07) is 13.5. The predicted octanol–water partition coefficient (Wildman–Crippen LogP) is 3.93. The molecule has 0 aliphatic heterocycles. The summed E-state index contributed by atoms with van der Waals surface area (Å²) in [6.07, 6.45) is 2.55. The quantitative estimate of drug-likeness (QED) is 0.879. The molecule has 2 aromatic carbocycles. The third-order valence-corrected chi connectivity index (χ3v) is 4.12. The fraction of sp³-hybridized carbons (Fsp3) is 0.235. The zero-order valence-corrected chi connectivity index (χ0v) is 12.4. The van der Waals surface area contributed by atoms with Crippen LogP contribution >= 0.6 is 11.6 Å². The second kappa shape index (κ2) is 5.78. The zero-order valence-electron chi connectivity index (χ0n) is 11.6. The lowest BCUT2D eigenvalue weighted by Crippen LogP contribution is -2.11. The summed E-state index contributed by atoms with van der Waals surface area (Å²) in [5.74, 6) is 0.253. The number of carbonyl (C=O) groups excluding carboxylic acids is 1. The van der Waals surface area contributed by atoms with Gasteiger partial charge in [-0.1, -0.05) is 35.9 Å². The first kappa shape index (κ1) is 14.0. The van der Waals surface area contributed by atoms with Gasteiger partial charge in [-0.25, -0.2) is 0 Å². The van der Waals surface area contributed by atoms with E-state index in [4.69, 9.17) is 17.3 Å². The van der Waals surface area contributed by atoms with Crippen LogP contribution in [0.3, 0.4) is 0 Å². The summed E-state index contributed by atoms with van der Waals surface area (Å²) in [5.41, 5.74) is 9.18. The Kier molecular flexibility index (Phi) is 3.84. The number of halogens is 1. The van der Waals surface area contributed by atoms with Crippen LogP contribution in [-0.2, 0) is 6.54 Å². The van der Waals surface area contributed by atoms with Gasteiger partial charge in [0, 0.05) is 12.1 Å². The first-order valence-corrected chi connectivity index (χ1v) is 7.44. The average Bonchev–Trinajstić information content (AvgIpc) is 3.31. The Morgan fingerprint density at radius 3 is 2.71 bits per heavy atom. The highest BCUT2D eigenvalue weighted by atomic mass is 35.5. The summed E-state index contributed by atoms with van der Waals surface area (Å²) in [4.78, 5) is 11.2. The maximum Gasteiger partial charge on any atom is 0.248 e. The Balaban J connectivity index is 1.79. The van der Waals surface area contributed by atoms with Crippen molar-refractivity contribution in [2.45, 2.75) is 25.3 Å². The second-order valence-corrected chi connectivity index (χ2v) is 5.79. The van der Waals surface area contributed by atoms with Gasteiger partial charge in [-0.05, 0) is 48.1 Å². The normalized spacial score (nSPS) is 14.0. The number of nitrogens with two attached hydrogens (primary N) is 1. The molecule has 0 heterocycles. The van der Waals surface area contributed by atoms with Crippen LogP contribution in [0.4, 0.5) is 5.69 Å². The summed E-state index contributed by atoms with van der Waals surface area (Å²) < 4.78 is 0. The largest absolute Gasteiger partial charge is 0.380 e. The number of anilines is 1. The number of amides is 1. The predicted molar refractivity (Wildman–Crippen MR) is 85.7 cm³/mol. The number of hydrogen-bond donors (Lipinski definition) is 2. The lowest BCUT2D eigenvalue weighted by atomic mass is 10.0. The monoisotopic (exact) mass is 300 g/mol. The van der Waals surface area contributed by atoms with Crippen LogP contribution in [0.1, 0.15) is 40.2 Å². The molecule has 0 aromatic heterocycles. The van der Waals surface area contributed by atoms with Gasteiger partial charge in [-0.15, -0.1) is 0 Å². The number of hydrogen-bond acceptors (Lipinski definition) is 2. The highest BCUT2D eigenvalue weighted by molar-refractivity contribution is 6.33. The fourth-order valence-corrected chi connectivity index (χ4v) is 2.68. The average molecular weight is 301 g/mol. The van der Waals surface area contributed by atoms with Gasteiger partial charge in [0.25, 0.3) is 0 Å². The Labute approximate surface area is 129 Å². The van der Waals surface area contributed by atoms with Crippen molar-refractivity contribution in [3.63, 3.8) is 0 Å². The molecule has 0 saturated heterocycles. The van der Waals surface area contributed by atoms with Gasteiger partial charge in [0.2, 0.25) is 5.91 Å². The van der Waals surface area contributed by atoms with Crippen molar-refractivity contribution in [3.8, 4) is 0 Å².